The van der Waals surface area contributed by atoms with Gasteiger partial charge in [0.15, 0.2) is 5.92 Å². The molecule has 30 heteroatoms. The lowest BCUT2D eigenvalue weighted by Crippen LogP contribution is -2.27. The number of nitro groups is 3. The highest BCUT2D eigenvalue weighted by Gasteiger charge is 2.38. The molecule has 0 aromatic heterocycles. The number of nitrogens with one attached hydrogen (secondary N) is 2. The largest absolute Gasteiger partial charge is 0.466 e. The summed E-state index contributed by atoms with van der Waals surface area (Å²) in [5, 5.41) is 36.4. The van der Waals surface area contributed by atoms with Crippen LogP contribution in [0.1, 0.15) is 114 Å². The molecular formula is C58H74BrF6N5O18. The van der Waals surface area contributed by atoms with Crippen LogP contribution in [0.25, 0.3) is 0 Å². The third-order valence-electron chi connectivity index (χ3n) is 9.94. The Morgan fingerprint density at radius 1 is 0.489 bits per heavy atom. The smallest absolute Gasteiger partial charge is 0.340 e. The highest BCUT2D eigenvalue weighted by atomic mass is 79.9. The maximum atomic E-state index is 13.6. The first-order chi connectivity index (χ1) is 38.8. The second-order valence-electron chi connectivity index (χ2n) is 15.6. The van der Waals surface area contributed by atoms with Crippen molar-refractivity contribution in [3.05, 3.63) is 177 Å². The number of carbonyl (C=O) groups excluding carboxylic acids is 7. The second kappa shape index (κ2) is 44.2. The molecule has 7 rings (SSSR count). The van der Waals surface area contributed by atoms with Gasteiger partial charge in [-0.05, 0) is 88.2 Å². The van der Waals surface area contributed by atoms with E-state index in [1.54, 1.807) is 39.0 Å². The molecule has 23 nitrogen and oxygen atoms in total. The minimum absolute atomic E-state index is 0. The zero-order valence-corrected chi connectivity index (χ0v) is 45.4. The maximum Gasteiger partial charge on any atom is 0.340 e. The van der Waals surface area contributed by atoms with Crippen molar-refractivity contribution in [2.24, 2.45) is 0 Å². The molecule has 2 aliphatic rings. The van der Waals surface area contributed by atoms with E-state index in [0.717, 1.165) is 42.0 Å². The van der Waals surface area contributed by atoms with Gasteiger partial charge in [0.2, 0.25) is 35.1 Å². The summed E-state index contributed by atoms with van der Waals surface area (Å²) < 4.78 is 101. The van der Waals surface area contributed by atoms with E-state index in [9.17, 15) is 90.2 Å². The summed E-state index contributed by atoms with van der Waals surface area (Å²) in [4.78, 5) is 106. The number of hydrogen-bond acceptors (Lipinski definition) is 18. The molecule has 88 heavy (non-hydrogen) atoms. The Morgan fingerprint density at radius 3 is 1.27 bits per heavy atom. The molecule has 0 spiro atoms. The van der Waals surface area contributed by atoms with Crippen molar-refractivity contribution in [1.82, 2.24) is 0 Å². The number of nitro benzene ring substituents is 3. The van der Waals surface area contributed by atoms with E-state index in [4.69, 9.17) is 9.47 Å². The number of carbonyl (C=O) groups is 7. The molecule has 0 atom stereocenters. The van der Waals surface area contributed by atoms with Crippen molar-refractivity contribution in [3.8, 4) is 0 Å². The standard InChI is InChI=1S/C13H14FNO6.C10H10FNO4.C8H5BrFNO.C8H6FNO.C7H12O4.C6H3F2NO2.6CH4/c1-3-20-12(16)10(13(17)21-4-2)8-6-5-7-9(14)11(8)15(18)19;1-2-16-9(13)6-7-4-3-5-8(11)10(7)12(14)15;9-5-1-4-2-7(12)11-8(4)6(10)3-5;9-6-3-1-2-5-4-7(11)10-8(5)6;1-3-10-6(8)5-7(9)11-4-2;7-4-2-1-3-5(8)6(4)9(10)11;;;;;;/h5-7,10H,3-4H2,1-2H3;3-5H,2,6H2,1H3;1,3H,2H2,(H,11,12);1-3H,4H2,(H,10,11);3-5H2,1-2H3;1-3H;6*1H4. The molecule has 5 aromatic rings. The van der Waals surface area contributed by atoms with Gasteiger partial charge in [0.05, 0.1) is 84.0 Å². The number of benzene rings is 5. The van der Waals surface area contributed by atoms with E-state index in [2.05, 4.69) is 40.8 Å². The van der Waals surface area contributed by atoms with Gasteiger partial charge < -0.3 is 34.3 Å². The fourth-order valence-electron chi connectivity index (χ4n) is 6.71. The van der Waals surface area contributed by atoms with Crippen molar-refractivity contribution in [1.29, 1.82) is 0 Å². The molecule has 0 saturated heterocycles. The van der Waals surface area contributed by atoms with Gasteiger partial charge in [0, 0.05) is 10.0 Å². The SMILES string of the molecule is C.C.C.C.C.C.CCOC(=O)C(C(=O)OCC)c1cccc(F)c1[N+](=O)[O-].CCOC(=O)CC(=O)OCC.CCOC(=O)Cc1cccc(F)c1[N+](=O)[O-].O=C1Cc2cc(Br)cc(F)c2N1.O=C1Cc2cccc(F)c2N1.O=[N+]([O-])c1c(F)cccc1F. The summed E-state index contributed by atoms with van der Waals surface area (Å²) in [6.45, 7) is 8.72. The number of anilines is 2. The number of halogens is 7. The van der Waals surface area contributed by atoms with E-state index in [1.807, 2.05) is 0 Å². The Labute approximate surface area is 514 Å². The fraction of sp³-hybridized carbons (Fsp3) is 0.362. The molecule has 0 aliphatic carbocycles. The second-order valence-corrected chi connectivity index (χ2v) is 16.5. The molecule has 2 amide bonds. The van der Waals surface area contributed by atoms with E-state index in [-0.39, 0.29) is 126 Å². The first-order valence-electron chi connectivity index (χ1n) is 23.8. The van der Waals surface area contributed by atoms with Gasteiger partial charge in [-0.15, -0.1) is 0 Å². The molecular weight excluding hydrogens is 1250 g/mol. The van der Waals surface area contributed by atoms with Crippen LogP contribution in [-0.4, -0.2) is 89.5 Å². The molecule has 0 unspecified atom stereocenters. The summed E-state index contributed by atoms with van der Waals surface area (Å²) in [5.41, 5.74) is -0.963. The summed E-state index contributed by atoms with van der Waals surface area (Å²) in [6, 6.07) is 17.3. The average molecular weight is 1320 g/mol. The van der Waals surface area contributed by atoms with Crippen LogP contribution in [0, 0.1) is 65.2 Å². The first kappa shape index (κ1) is 87.4. The van der Waals surface area contributed by atoms with E-state index in [1.165, 1.54) is 44.2 Å². The van der Waals surface area contributed by atoms with Gasteiger partial charge in [-0.1, -0.05) is 103 Å². The average Bonchev–Trinajstić information content (AvgIpc) is 2.24. The lowest BCUT2D eigenvalue weighted by atomic mass is 9.97. The topological polar surface area (TPSA) is 319 Å². The van der Waals surface area contributed by atoms with E-state index >= 15 is 0 Å². The molecule has 0 radical (unpaired) electrons. The quantitative estimate of drug-likeness (QED) is 0.0246. The summed E-state index contributed by atoms with van der Waals surface area (Å²) in [5.74, 6) is -10.9. The number of para-hydroxylation sites is 4. The number of esters is 5. The zero-order chi connectivity index (χ0) is 61.8. The van der Waals surface area contributed by atoms with Gasteiger partial charge in [0.25, 0.3) is 0 Å². The van der Waals surface area contributed by atoms with E-state index < -0.39 is 96.4 Å². The van der Waals surface area contributed by atoms with Gasteiger partial charge in [-0.25, -0.2) is 8.78 Å². The molecule has 2 heterocycles. The van der Waals surface area contributed by atoms with Crippen molar-refractivity contribution < 1.29 is 98.4 Å². The van der Waals surface area contributed by atoms with E-state index in [0.29, 0.717) is 27.8 Å². The number of nitrogens with zero attached hydrogens (tertiary/aromatic N) is 3. The van der Waals surface area contributed by atoms with Crippen LogP contribution in [0.3, 0.4) is 0 Å². The Morgan fingerprint density at radius 2 is 0.852 bits per heavy atom. The Balaban J connectivity index is -0.000000314. The van der Waals surface area contributed by atoms with Crippen molar-refractivity contribution >= 4 is 86.0 Å². The third kappa shape index (κ3) is 27.8. The Kier molecular flexibility index (Phi) is 43.9. The summed E-state index contributed by atoms with van der Waals surface area (Å²) in [7, 11) is 0. The molecule has 2 aliphatic heterocycles. The predicted octanol–water partition coefficient (Wildman–Crippen LogP) is 13.4. The first-order valence-corrected chi connectivity index (χ1v) is 24.6. The van der Waals surface area contributed by atoms with Gasteiger partial charge in [-0.3, -0.25) is 63.9 Å². The van der Waals surface area contributed by atoms with Crippen molar-refractivity contribution in [2.45, 2.75) is 111 Å². The number of amides is 2. The molecule has 5 aromatic carbocycles. The minimum atomic E-state index is -1.69. The van der Waals surface area contributed by atoms with Crippen LogP contribution in [0.4, 0.5) is 54.8 Å². The number of fused-ring (bicyclic) bond motifs is 2. The number of rotatable bonds is 15. The Hall–Kier alpha value is -9.35. The molecule has 0 fully saturated rings. The van der Waals surface area contributed by atoms with Crippen molar-refractivity contribution in [3.63, 3.8) is 0 Å². The minimum Gasteiger partial charge on any atom is -0.466 e. The summed E-state index contributed by atoms with van der Waals surface area (Å²) in [6.07, 6.45) is -0.0254. The lowest BCUT2D eigenvalue weighted by Gasteiger charge is -2.14. The van der Waals surface area contributed by atoms with Crippen LogP contribution < -0.4 is 10.6 Å². The number of hydrogen-bond donors (Lipinski definition) is 2. The van der Waals surface area contributed by atoms with Gasteiger partial charge >= 0.3 is 46.9 Å². The molecule has 0 bridgehead atoms. The van der Waals surface area contributed by atoms with Gasteiger partial charge in [0.1, 0.15) is 18.1 Å². The molecule has 488 valence electrons. The Bertz CT molecular complexity index is 3100. The molecule has 0 saturated carbocycles. The number of ether oxygens (including phenoxy) is 5. The maximum absolute atomic E-state index is 13.6. The van der Waals surface area contributed by atoms with Crippen LogP contribution in [0.5, 0.6) is 0 Å². The van der Waals surface area contributed by atoms with Gasteiger partial charge in [-0.2, -0.15) is 17.6 Å². The van der Waals surface area contributed by atoms with Crippen molar-refractivity contribution in [2.75, 3.05) is 43.7 Å². The fourth-order valence-corrected chi connectivity index (χ4v) is 7.19. The lowest BCUT2D eigenvalue weighted by molar-refractivity contribution is -0.390. The normalized spacial score (nSPS) is 10.3. The monoisotopic (exact) mass is 1320 g/mol. The predicted molar refractivity (Wildman–Crippen MR) is 319 cm³/mol. The zero-order valence-electron chi connectivity index (χ0n) is 43.9. The summed E-state index contributed by atoms with van der Waals surface area (Å²) >= 11 is 3.16. The van der Waals surface area contributed by atoms with Crippen LogP contribution in [-0.2, 0) is 76.5 Å². The van der Waals surface area contributed by atoms with Crippen LogP contribution >= 0.6 is 15.9 Å². The highest BCUT2D eigenvalue weighted by molar-refractivity contribution is 9.10. The molecule has 2 N–H and O–H groups in total. The third-order valence-corrected chi connectivity index (χ3v) is 10.4. The van der Waals surface area contributed by atoms with Crippen LogP contribution in [0.2, 0.25) is 0 Å². The highest BCUT2D eigenvalue weighted by Crippen LogP contribution is 2.32. The van der Waals surface area contributed by atoms with Crippen LogP contribution in [0.15, 0.2) is 89.4 Å².